The molecule has 1 aromatic rings. The zero-order valence-corrected chi connectivity index (χ0v) is 15.8. The van der Waals surface area contributed by atoms with E-state index in [0.29, 0.717) is 6.42 Å². The van der Waals surface area contributed by atoms with Crippen molar-refractivity contribution in [3.63, 3.8) is 0 Å². The van der Waals surface area contributed by atoms with Gasteiger partial charge in [-0.3, -0.25) is 19.2 Å². The minimum absolute atomic E-state index is 0.0809. The van der Waals surface area contributed by atoms with Crippen molar-refractivity contribution in [2.75, 3.05) is 6.61 Å². The Morgan fingerprint density at radius 3 is 2.34 bits per heavy atom. The van der Waals surface area contributed by atoms with E-state index in [0.717, 1.165) is 5.56 Å². The summed E-state index contributed by atoms with van der Waals surface area (Å²) in [4.78, 5) is 59.3. The number of hydrogen-bond donors (Lipinski definition) is 4. The van der Waals surface area contributed by atoms with E-state index in [1.165, 1.54) is 0 Å². The van der Waals surface area contributed by atoms with Crippen LogP contribution >= 0.6 is 0 Å². The van der Waals surface area contributed by atoms with Gasteiger partial charge in [0, 0.05) is 6.42 Å². The molecule has 0 aliphatic carbocycles. The van der Waals surface area contributed by atoms with E-state index in [9.17, 15) is 24.0 Å². The van der Waals surface area contributed by atoms with Crippen LogP contribution in [-0.4, -0.2) is 59.5 Å². The fourth-order valence-corrected chi connectivity index (χ4v) is 2.84. The molecular weight excluding hydrogens is 382 g/mol. The molecule has 0 unspecified atom stereocenters. The maximum atomic E-state index is 12.3. The fraction of sp³-hybridized carbons (Fsp3) is 0.421. The highest BCUT2D eigenvalue weighted by molar-refractivity contribution is 5.99. The van der Waals surface area contributed by atoms with Crippen LogP contribution in [0.5, 0.6) is 0 Å². The van der Waals surface area contributed by atoms with Crippen LogP contribution in [0.3, 0.4) is 0 Å². The third-order valence-corrected chi connectivity index (χ3v) is 4.25. The third kappa shape index (κ3) is 6.59. The summed E-state index contributed by atoms with van der Waals surface area (Å²) in [5, 5.41) is 16.4. The lowest BCUT2D eigenvalue weighted by Crippen LogP contribution is -2.63. The molecule has 0 saturated carbocycles. The smallest absolute Gasteiger partial charge is 0.326 e. The molecule has 0 spiro atoms. The highest BCUT2D eigenvalue weighted by Crippen LogP contribution is 2.09. The first kappa shape index (κ1) is 21.9. The van der Waals surface area contributed by atoms with Crippen molar-refractivity contribution in [1.29, 1.82) is 0 Å². The van der Waals surface area contributed by atoms with Crippen LogP contribution in [0.1, 0.15) is 25.3 Å². The van der Waals surface area contributed by atoms with Gasteiger partial charge in [-0.05, 0) is 12.5 Å². The Morgan fingerprint density at radius 1 is 1.10 bits per heavy atom. The number of aliphatic carboxylic acids is 1. The Morgan fingerprint density at radius 2 is 1.72 bits per heavy atom. The molecular formula is C19H23N3O7. The highest BCUT2D eigenvalue weighted by atomic mass is 16.5. The topological polar surface area (TPSA) is 151 Å². The lowest BCUT2D eigenvalue weighted by Gasteiger charge is -2.29. The van der Waals surface area contributed by atoms with E-state index in [1.807, 2.05) is 30.3 Å². The zero-order chi connectivity index (χ0) is 21.4. The minimum Gasteiger partial charge on any atom is -0.480 e. The number of amides is 3. The Labute approximate surface area is 167 Å². The number of piperazine rings is 1. The van der Waals surface area contributed by atoms with Gasteiger partial charge in [0.15, 0.2) is 0 Å². The number of esters is 1. The second kappa shape index (κ2) is 10.2. The molecule has 10 heteroatoms. The average molecular weight is 405 g/mol. The van der Waals surface area contributed by atoms with Crippen molar-refractivity contribution in [2.24, 2.45) is 0 Å². The van der Waals surface area contributed by atoms with Crippen LogP contribution in [0.4, 0.5) is 0 Å². The molecule has 1 aliphatic rings. The first-order valence-electron chi connectivity index (χ1n) is 9.12. The Hall–Kier alpha value is -3.43. The van der Waals surface area contributed by atoms with Crippen molar-refractivity contribution < 1.29 is 33.8 Å². The van der Waals surface area contributed by atoms with Crippen LogP contribution in [0.2, 0.25) is 0 Å². The number of carboxylic acids is 1. The van der Waals surface area contributed by atoms with E-state index >= 15 is 0 Å². The number of carbonyl (C=O) groups is 5. The van der Waals surface area contributed by atoms with Crippen LogP contribution in [0, 0.1) is 0 Å². The van der Waals surface area contributed by atoms with Crippen LogP contribution < -0.4 is 16.0 Å². The molecule has 3 atom stereocenters. The number of carboxylic acid groups (broad SMARTS) is 1. The average Bonchev–Trinajstić information content (AvgIpc) is 2.66. The third-order valence-electron chi connectivity index (χ3n) is 4.25. The molecule has 2 rings (SSSR count). The second-order valence-electron chi connectivity index (χ2n) is 6.48. The highest BCUT2D eigenvalue weighted by Gasteiger charge is 2.35. The Bertz CT molecular complexity index is 781. The summed E-state index contributed by atoms with van der Waals surface area (Å²) in [6.07, 6.45) is -0.697. The quantitative estimate of drug-likeness (QED) is 0.390. The number of hydrogen-bond acceptors (Lipinski definition) is 6. The molecule has 3 amide bonds. The lowest BCUT2D eigenvalue weighted by molar-refractivity contribution is -0.150. The summed E-state index contributed by atoms with van der Waals surface area (Å²) in [5.74, 6) is -3.95. The molecule has 1 heterocycles. The van der Waals surface area contributed by atoms with E-state index < -0.39 is 60.6 Å². The molecule has 1 saturated heterocycles. The maximum Gasteiger partial charge on any atom is 0.326 e. The summed E-state index contributed by atoms with van der Waals surface area (Å²) in [5.41, 5.74) is 0.868. The van der Waals surface area contributed by atoms with E-state index in [2.05, 4.69) is 20.7 Å². The van der Waals surface area contributed by atoms with Gasteiger partial charge >= 0.3 is 11.9 Å². The van der Waals surface area contributed by atoms with Gasteiger partial charge in [-0.1, -0.05) is 30.3 Å². The molecule has 4 N–H and O–H groups in total. The SMILES string of the molecule is CCOC(=O)C[C@H](NC(=O)C[C@@H]1NC(=O)[C@H](Cc2ccccc2)NC1=O)C(=O)O. The molecule has 156 valence electrons. The van der Waals surface area contributed by atoms with Gasteiger partial charge in [-0.15, -0.1) is 0 Å². The minimum atomic E-state index is -1.49. The van der Waals surface area contributed by atoms with Crippen LogP contribution in [0.15, 0.2) is 30.3 Å². The second-order valence-corrected chi connectivity index (χ2v) is 6.48. The van der Waals surface area contributed by atoms with Crippen LogP contribution in [-0.2, 0) is 35.1 Å². The summed E-state index contributed by atoms with van der Waals surface area (Å²) in [7, 11) is 0. The summed E-state index contributed by atoms with van der Waals surface area (Å²) in [6, 6.07) is 5.74. The summed E-state index contributed by atoms with van der Waals surface area (Å²) < 4.78 is 4.67. The van der Waals surface area contributed by atoms with E-state index in [4.69, 9.17) is 5.11 Å². The number of rotatable bonds is 9. The van der Waals surface area contributed by atoms with Crippen molar-refractivity contribution in [2.45, 2.75) is 44.3 Å². The molecule has 0 radical (unpaired) electrons. The fourth-order valence-electron chi connectivity index (χ4n) is 2.84. The van der Waals surface area contributed by atoms with Gasteiger partial charge in [-0.2, -0.15) is 0 Å². The monoisotopic (exact) mass is 405 g/mol. The predicted molar refractivity (Wildman–Crippen MR) is 99.4 cm³/mol. The van der Waals surface area contributed by atoms with Gasteiger partial charge < -0.3 is 25.8 Å². The lowest BCUT2D eigenvalue weighted by atomic mass is 10.0. The normalized spacial score (nSPS) is 19.5. The molecule has 0 bridgehead atoms. The summed E-state index contributed by atoms with van der Waals surface area (Å²) >= 11 is 0. The predicted octanol–water partition coefficient (Wildman–Crippen LogP) is -0.875. The molecule has 1 aliphatic heterocycles. The van der Waals surface area contributed by atoms with E-state index in [1.54, 1.807) is 6.92 Å². The maximum absolute atomic E-state index is 12.3. The standard InChI is InChI=1S/C19H23N3O7/c1-2-29-16(24)10-14(19(27)28)20-15(23)9-13-18(26)21-12(17(25)22-13)8-11-6-4-3-5-7-11/h3-7,12-14H,2,8-10H2,1H3,(H,20,23)(H,21,26)(H,22,25)(H,27,28)/t12-,13-,14-/m0/s1. The van der Waals surface area contributed by atoms with Crippen LogP contribution in [0.25, 0.3) is 0 Å². The van der Waals surface area contributed by atoms with Gasteiger partial charge in [0.25, 0.3) is 0 Å². The van der Waals surface area contributed by atoms with Gasteiger partial charge in [-0.25, -0.2) is 4.79 Å². The van der Waals surface area contributed by atoms with Crippen molar-refractivity contribution >= 4 is 29.7 Å². The van der Waals surface area contributed by atoms with E-state index in [-0.39, 0.29) is 6.61 Å². The number of nitrogens with one attached hydrogen (secondary N) is 3. The van der Waals surface area contributed by atoms with Gasteiger partial charge in [0.2, 0.25) is 17.7 Å². The molecule has 1 aromatic carbocycles. The molecule has 29 heavy (non-hydrogen) atoms. The first-order valence-corrected chi connectivity index (χ1v) is 9.12. The largest absolute Gasteiger partial charge is 0.480 e. The van der Waals surface area contributed by atoms with Crippen molar-refractivity contribution in [3.8, 4) is 0 Å². The Balaban J connectivity index is 1.90. The Kier molecular flexibility index (Phi) is 7.70. The molecule has 0 aromatic heterocycles. The molecule has 10 nitrogen and oxygen atoms in total. The zero-order valence-electron chi connectivity index (χ0n) is 15.8. The van der Waals surface area contributed by atoms with Gasteiger partial charge in [0.05, 0.1) is 19.4 Å². The van der Waals surface area contributed by atoms with Crippen molar-refractivity contribution in [3.05, 3.63) is 35.9 Å². The number of carbonyl (C=O) groups excluding carboxylic acids is 4. The first-order chi connectivity index (χ1) is 13.8. The summed E-state index contributed by atoms with van der Waals surface area (Å²) in [6.45, 7) is 1.65. The van der Waals surface area contributed by atoms with Gasteiger partial charge in [0.1, 0.15) is 18.1 Å². The molecule has 1 fully saturated rings. The number of ether oxygens (including phenoxy) is 1. The van der Waals surface area contributed by atoms with Crippen molar-refractivity contribution in [1.82, 2.24) is 16.0 Å². The number of benzene rings is 1.